The summed E-state index contributed by atoms with van der Waals surface area (Å²) in [6, 6.07) is 0. The summed E-state index contributed by atoms with van der Waals surface area (Å²) in [5.41, 5.74) is 0. The van der Waals surface area contributed by atoms with Crippen molar-refractivity contribution in [3.05, 3.63) is 16.1 Å². The Morgan fingerprint density at radius 2 is 2.35 bits per heavy atom. The van der Waals surface area contributed by atoms with E-state index < -0.39 is 10.2 Å². The molecule has 1 fully saturated rings. The normalized spacial score (nSPS) is 21.2. The maximum Gasteiger partial charge on any atom is 0.279 e. The van der Waals surface area contributed by atoms with E-state index in [1.807, 2.05) is 14.0 Å². The van der Waals surface area contributed by atoms with Crippen molar-refractivity contribution in [3.8, 4) is 0 Å². The molecule has 20 heavy (non-hydrogen) atoms. The van der Waals surface area contributed by atoms with Crippen LogP contribution in [0.5, 0.6) is 0 Å². The van der Waals surface area contributed by atoms with Crippen molar-refractivity contribution >= 4 is 21.5 Å². The van der Waals surface area contributed by atoms with Gasteiger partial charge >= 0.3 is 0 Å². The van der Waals surface area contributed by atoms with Crippen molar-refractivity contribution in [2.45, 2.75) is 26.3 Å². The van der Waals surface area contributed by atoms with E-state index >= 15 is 0 Å². The fraction of sp³-hybridized carbons (Fsp3) is 0.750. The number of nitrogens with one attached hydrogen (secondary N) is 2. The lowest BCUT2D eigenvalue weighted by Crippen LogP contribution is -2.47. The molecule has 2 N–H and O–H groups in total. The smallest absolute Gasteiger partial charge is 0.279 e. The zero-order valence-electron chi connectivity index (χ0n) is 11.9. The quantitative estimate of drug-likeness (QED) is 0.810. The lowest BCUT2D eigenvalue weighted by molar-refractivity contribution is 0.261. The maximum absolute atomic E-state index is 12.3. The molecular formula is C12H22N4O2S2. The molecule has 1 aromatic rings. The summed E-state index contributed by atoms with van der Waals surface area (Å²) >= 11 is 1.52. The van der Waals surface area contributed by atoms with E-state index in [4.69, 9.17) is 0 Å². The molecule has 114 valence electrons. The number of piperidine rings is 1. The van der Waals surface area contributed by atoms with Crippen LogP contribution < -0.4 is 10.0 Å². The lowest BCUT2D eigenvalue weighted by atomic mass is 10.00. The van der Waals surface area contributed by atoms with Crippen molar-refractivity contribution in [2.75, 3.05) is 26.7 Å². The monoisotopic (exact) mass is 318 g/mol. The number of aryl methyl sites for hydroxylation is 1. The Kier molecular flexibility index (Phi) is 5.50. The zero-order valence-corrected chi connectivity index (χ0v) is 13.6. The van der Waals surface area contributed by atoms with Gasteiger partial charge < -0.3 is 5.32 Å². The minimum absolute atomic E-state index is 0.320. The van der Waals surface area contributed by atoms with Crippen LogP contribution in [0.25, 0.3) is 0 Å². The van der Waals surface area contributed by atoms with Crippen LogP contribution in [0.15, 0.2) is 6.20 Å². The molecule has 6 nitrogen and oxygen atoms in total. The second kappa shape index (κ2) is 6.95. The lowest BCUT2D eigenvalue weighted by Gasteiger charge is -2.31. The average molecular weight is 318 g/mol. The molecule has 1 aliphatic rings. The number of rotatable bonds is 6. The highest BCUT2D eigenvalue weighted by atomic mass is 32.2. The molecule has 2 heterocycles. The molecule has 0 radical (unpaired) electrons. The zero-order chi connectivity index (χ0) is 14.6. The van der Waals surface area contributed by atoms with E-state index in [9.17, 15) is 8.42 Å². The Balaban J connectivity index is 1.92. The third-order valence-electron chi connectivity index (χ3n) is 3.41. The van der Waals surface area contributed by atoms with Crippen molar-refractivity contribution < 1.29 is 8.42 Å². The van der Waals surface area contributed by atoms with Crippen LogP contribution in [-0.4, -0.2) is 44.4 Å². The van der Waals surface area contributed by atoms with Gasteiger partial charge in [0.05, 0.1) is 5.01 Å². The van der Waals surface area contributed by atoms with Crippen molar-refractivity contribution in [3.63, 3.8) is 0 Å². The molecule has 0 bridgehead atoms. The molecule has 0 aliphatic carbocycles. The first-order chi connectivity index (χ1) is 9.51. The highest BCUT2D eigenvalue weighted by molar-refractivity contribution is 7.87. The molecule has 1 aromatic heterocycles. The molecule has 0 saturated carbocycles. The maximum atomic E-state index is 12.3. The SMILES string of the molecule is CNCC1CCCN(S(=O)(=O)NCc2cnc(C)s2)C1. The largest absolute Gasteiger partial charge is 0.319 e. The molecule has 1 unspecified atom stereocenters. The van der Waals surface area contributed by atoms with Crippen LogP contribution in [0.4, 0.5) is 0 Å². The highest BCUT2D eigenvalue weighted by Crippen LogP contribution is 2.18. The average Bonchev–Trinajstić information content (AvgIpc) is 2.83. The van der Waals surface area contributed by atoms with Crippen LogP contribution in [0.3, 0.4) is 0 Å². The second-order valence-corrected chi connectivity index (χ2v) is 8.17. The van der Waals surface area contributed by atoms with Crippen molar-refractivity contribution in [2.24, 2.45) is 5.92 Å². The van der Waals surface area contributed by atoms with Gasteiger partial charge in [-0.2, -0.15) is 17.4 Å². The summed E-state index contributed by atoms with van der Waals surface area (Å²) in [6.45, 7) is 4.30. The molecular weight excluding hydrogens is 296 g/mol. The molecule has 8 heteroatoms. The van der Waals surface area contributed by atoms with E-state index in [2.05, 4.69) is 15.0 Å². The molecule has 0 spiro atoms. The summed E-state index contributed by atoms with van der Waals surface area (Å²) in [6.07, 6.45) is 3.73. The van der Waals surface area contributed by atoms with Gasteiger partial charge in [-0.1, -0.05) is 0 Å². The second-order valence-electron chi connectivity index (χ2n) is 5.10. The molecule has 0 aromatic carbocycles. The minimum Gasteiger partial charge on any atom is -0.319 e. The Morgan fingerprint density at radius 3 is 3.00 bits per heavy atom. The third-order valence-corrected chi connectivity index (χ3v) is 5.85. The van der Waals surface area contributed by atoms with E-state index in [1.54, 1.807) is 10.5 Å². The minimum atomic E-state index is -3.39. The molecule has 2 rings (SSSR count). The first-order valence-electron chi connectivity index (χ1n) is 6.82. The number of hydrogen-bond acceptors (Lipinski definition) is 5. The van der Waals surface area contributed by atoms with Crippen molar-refractivity contribution in [1.82, 2.24) is 19.3 Å². The molecule has 1 saturated heterocycles. The number of aromatic nitrogens is 1. The topological polar surface area (TPSA) is 74.3 Å². The van der Waals surface area contributed by atoms with Crippen LogP contribution in [-0.2, 0) is 16.8 Å². The fourth-order valence-corrected chi connectivity index (χ4v) is 4.56. The van der Waals surface area contributed by atoms with Gasteiger partial charge in [0.15, 0.2) is 0 Å². The standard InChI is InChI=1S/C12H22N4O2S2/c1-10-14-7-12(19-10)8-15-20(17,18)16-5-3-4-11(9-16)6-13-2/h7,11,13,15H,3-6,8-9H2,1-2H3. The third kappa shape index (κ3) is 4.23. The highest BCUT2D eigenvalue weighted by Gasteiger charge is 2.28. The first-order valence-corrected chi connectivity index (χ1v) is 9.07. The predicted octanol–water partition coefficient (Wildman–Crippen LogP) is 0.717. The van der Waals surface area contributed by atoms with Gasteiger partial charge in [0.2, 0.25) is 0 Å². The Labute approximate surface area is 124 Å². The molecule has 1 aliphatic heterocycles. The van der Waals surface area contributed by atoms with Gasteiger partial charge in [0.25, 0.3) is 10.2 Å². The van der Waals surface area contributed by atoms with Crippen LogP contribution >= 0.6 is 11.3 Å². The van der Waals surface area contributed by atoms with Crippen LogP contribution in [0.1, 0.15) is 22.7 Å². The first kappa shape index (κ1) is 15.8. The van der Waals surface area contributed by atoms with Gasteiger partial charge in [-0.15, -0.1) is 11.3 Å². The predicted molar refractivity (Wildman–Crippen MR) is 80.8 cm³/mol. The van der Waals surface area contributed by atoms with E-state index in [0.29, 0.717) is 25.6 Å². The number of thiazole rings is 1. The van der Waals surface area contributed by atoms with Crippen LogP contribution in [0, 0.1) is 12.8 Å². The summed E-state index contributed by atoms with van der Waals surface area (Å²) in [5, 5.41) is 4.07. The van der Waals surface area contributed by atoms with E-state index in [1.165, 1.54) is 11.3 Å². The van der Waals surface area contributed by atoms with Gasteiger partial charge in [-0.25, -0.2) is 4.98 Å². The van der Waals surface area contributed by atoms with Gasteiger partial charge in [0.1, 0.15) is 0 Å². The van der Waals surface area contributed by atoms with Crippen molar-refractivity contribution in [1.29, 1.82) is 0 Å². The summed E-state index contributed by atoms with van der Waals surface area (Å²) < 4.78 is 28.8. The Hall–Kier alpha value is -0.540. The summed E-state index contributed by atoms with van der Waals surface area (Å²) in [5.74, 6) is 0.399. The fourth-order valence-electron chi connectivity index (χ4n) is 2.44. The van der Waals surface area contributed by atoms with E-state index in [0.717, 1.165) is 29.3 Å². The van der Waals surface area contributed by atoms with E-state index in [-0.39, 0.29) is 0 Å². The van der Waals surface area contributed by atoms with Crippen LogP contribution in [0.2, 0.25) is 0 Å². The Bertz CT molecular complexity index is 527. The molecule has 1 atom stereocenters. The summed E-state index contributed by atoms with van der Waals surface area (Å²) in [4.78, 5) is 5.07. The van der Waals surface area contributed by atoms with Gasteiger partial charge in [-0.05, 0) is 39.3 Å². The molecule has 0 amide bonds. The number of hydrogen-bond donors (Lipinski definition) is 2. The Morgan fingerprint density at radius 1 is 1.55 bits per heavy atom. The summed E-state index contributed by atoms with van der Waals surface area (Å²) in [7, 11) is -1.49. The van der Waals surface area contributed by atoms with Gasteiger partial charge in [-0.3, -0.25) is 0 Å². The van der Waals surface area contributed by atoms with Gasteiger partial charge in [0, 0.05) is 30.7 Å². The number of nitrogens with zero attached hydrogens (tertiary/aromatic N) is 2.